The number of benzene rings is 4. The normalized spacial score (nSPS) is 12.9. The van der Waals surface area contributed by atoms with Gasteiger partial charge in [-0.1, -0.05) is 150 Å². The molecule has 0 radical (unpaired) electrons. The van der Waals surface area contributed by atoms with E-state index in [0.717, 1.165) is 39.3 Å². The molecule has 0 saturated carbocycles. The van der Waals surface area contributed by atoms with Crippen LogP contribution in [0.3, 0.4) is 0 Å². The summed E-state index contributed by atoms with van der Waals surface area (Å²) in [5.41, 5.74) is 9.27. The SMILES string of the molecule is CC(C)(C)c1ccnc(-n2c3[c-]c(Oc4[c-]c(-n5nc(C(C)(C)C)cc5C(C)(C)C)ccc4)cc(C(C)(C)C)c3c3cc(C(C)(C)c4ccccc4)ccc32)c1.[Pt+2]. The average molecular weight is 938 g/mol. The molecule has 3 aromatic heterocycles. The van der Waals surface area contributed by atoms with Gasteiger partial charge in [0.1, 0.15) is 5.82 Å². The molecule has 0 atom stereocenters. The second kappa shape index (κ2) is 14.7. The van der Waals surface area contributed by atoms with Gasteiger partial charge in [0, 0.05) is 45.2 Å². The van der Waals surface area contributed by atoms with Crippen molar-refractivity contribution in [1.29, 1.82) is 0 Å². The van der Waals surface area contributed by atoms with Crippen LogP contribution < -0.4 is 4.74 Å². The Hall–Kier alpha value is -4.47. The summed E-state index contributed by atoms with van der Waals surface area (Å²) < 4.78 is 11.1. The molecular weight excluding hydrogens is 880 g/mol. The van der Waals surface area contributed by atoms with Crippen molar-refractivity contribution < 1.29 is 25.8 Å². The average Bonchev–Trinajstić information content (AvgIpc) is 3.72. The van der Waals surface area contributed by atoms with Crippen molar-refractivity contribution in [3.63, 3.8) is 0 Å². The van der Waals surface area contributed by atoms with Crippen molar-refractivity contribution in [3.8, 4) is 23.0 Å². The summed E-state index contributed by atoms with van der Waals surface area (Å²) in [6.45, 7) is 31.4. The van der Waals surface area contributed by atoms with Crippen molar-refractivity contribution in [2.75, 3.05) is 0 Å². The number of aromatic nitrogens is 4. The van der Waals surface area contributed by atoms with E-state index in [4.69, 9.17) is 14.8 Å². The Balaban J connectivity index is 0.00000549. The number of hydrogen-bond donors (Lipinski definition) is 0. The maximum Gasteiger partial charge on any atom is 2.00 e. The molecule has 4 aromatic carbocycles. The third-order valence-corrected chi connectivity index (χ3v) is 11.1. The van der Waals surface area contributed by atoms with Crippen LogP contribution in [0.4, 0.5) is 0 Å². The summed E-state index contributed by atoms with van der Waals surface area (Å²) in [7, 11) is 0. The van der Waals surface area contributed by atoms with E-state index in [1.165, 1.54) is 27.6 Å². The van der Waals surface area contributed by atoms with Crippen LogP contribution in [-0.4, -0.2) is 19.3 Å². The van der Waals surface area contributed by atoms with E-state index in [2.05, 4.69) is 192 Å². The van der Waals surface area contributed by atoms with E-state index in [9.17, 15) is 0 Å². The second-order valence-electron chi connectivity index (χ2n) is 20.1. The predicted molar refractivity (Wildman–Crippen MR) is 233 cm³/mol. The Morgan fingerprint density at radius 3 is 1.91 bits per heavy atom. The maximum atomic E-state index is 6.80. The predicted octanol–water partition coefficient (Wildman–Crippen LogP) is 13.3. The minimum absolute atomic E-state index is 0. The minimum Gasteiger partial charge on any atom is -0.509 e. The fourth-order valence-electron chi connectivity index (χ4n) is 7.54. The smallest absolute Gasteiger partial charge is 0.509 e. The second-order valence-corrected chi connectivity index (χ2v) is 20.1. The molecule has 57 heavy (non-hydrogen) atoms. The van der Waals surface area contributed by atoms with E-state index in [0.29, 0.717) is 11.5 Å². The molecule has 0 aliphatic carbocycles. The molecule has 7 rings (SSSR count). The summed E-state index contributed by atoms with van der Waals surface area (Å²) in [4.78, 5) is 5.00. The van der Waals surface area contributed by atoms with Crippen LogP contribution in [-0.2, 0) is 48.1 Å². The topological polar surface area (TPSA) is 44.9 Å². The van der Waals surface area contributed by atoms with Crippen LogP contribution in [0.1, 0.15) is 131 Å². The number of pyridine rings is 1. The first-order valence-corrected chi connectivity index (χ1v) is 19.9. The Morgan fingerprint density at radius 1 is 0.579 bits per heavy atom. The zero-order valence-electron chi connectivity index (χ0n) is 36.3. The largest absolute Gasteiger partial charge is 2.00 e. The van der Waals surface area contributed by atoms with Crippen molar-refractivity contribution >= 4 is 21.8 Å². The van der Waals surface area contributed by atoms with Gasteiger partial charge in [0.2, 0.25) is 0 Å². The Kier molecular flexibility index (Phi) is 10.9. The molecule has 0 bridgehead atoms. The van der Waals surface area contributed by atoms with Crippen LogP contribution in [0, 0.1) is 12.1 Å². The third kappa shape index (κ3) is 8.15. The van der Waals surface area contributed by atoms with Crippen molar-refractivity contribution in [2.24, 2.45) is 0 Å². The van der Waals surface area contributed by atoms with Gasteiger partial charge < -0.3 is 9.30 Å². The molecule has 0 aliphatic heterocycles. The molecule has 7 aromatic rings. The van der Waals surface area contributed by atoms with E-state index >= 15 is 0 Å². The quantitative estimate of drug-likeness (QED) is 0.156. The third-order valence-electron chi connectivity index (χ3n) is 11.1. The summed E-state index contributed by atoms with van der Waals surface area (Å²) in [6, 6.07) is 39.8. The van der Waals surface area contributed by atoms with Crippen LogP contribution in [0.25, 0.3) is 33.3 Å². The molecule has 0 spiro atoms. The molecule has 3 heterocycles. The molecule has 0 fully saturated rings. The van der Waals surface area contributed by atoms with Crippen molar-refractivity contribution in [2.45, 2.75) is 124 Å². The summed E-state index contributed by atoms with van der Waals surface area (Å²) in [5, 5.41) is 7.44. The van der Waals surface area contributed by atoms with Gasteiger partial charge in [0.05, 0.1) is 5.69 Å². The number of ether oxygens (including phenoxy) is 1. The van der Waals surface area contributed by atoms with Gasteiger partial charge in [0.15, 0.2) is 0 Å². The zero-order chi connectivity index (χ0) is 40.6. The Morgan fingerprint density at radius 2 is 1.28 bits per heavy atom. The first-order chi connectivity index (χ1) is 26.0. The zero-order valence-corrected chi connectivity index (χ0v) is 38.5. The molecule has 5 nitrogen and oxygen atoms in total. The fraction of sp³-hybridized carbons (Fsp3) is 0.373. The first-order valence-electron chi connectivity index (χ1n) is 19.9. The van der Waals surface area contributed by atoms with E-state index < -0.39 is 0 Å². The molecule has 0 unspecified atom stereocenters. The van der Waals surface area contributed by atoms with Gasteiger partial charge in [-0.2, -0.15) is 11.2 Å². The minimum atomic E-state index is -0.220. The van der Waals surface area contributed by atoms with E-state index in [-0.39, 0.29) is 48.1 Å². The fourth-order valence-corrected chi connectivity index (χ4v) is 7.54. The number of hydrogen-bond acceptors (Lipinski definition) is 3. The molecule has 6 heteroatoms. The Bertz CT molecular complexity index is 2560. The van der Waals surface area contributed by atoms with Gasteiger partial charge in [-0.3, -0.25) is 4.68 Å². The van der Waals surface area contributed by atoms with E-state index in [1.54, 1.807) is 0 Å². The number of nitrogens with zero attached hydrogens (tertiary/aromatic N) is 4. The van der Waals surface area contributed by atoms with Gasteiger partial charge in [-0.05, 0) is 62.9 Å². The van der Waals surface area contributed by atoms with Gasteiger partial charge in [-0.15, -0.1) is 35.9 Å². The number of rotatable bonds is 6. The molecule has 0 saturated heterocycles. The van der Waals surface area contributed by atoms with Gasteiger partial charge in [0.25, 0.3) is 0 Å². The molecule has 0 amide bonds. The molecule has 298 valence electrons. The van der Waals surface area contributed by atoms with Crippen molar-refractivity contribution in [1.82, 2.24) is 19.3 Å². The van der Waals surface area contributed by atoms with Crippen LogP contribution in [0.15, 0.2) is 97.2 Å². The maximum absolute atomic E-state index is 6.80. The first kappa shape index (κ1) is 42.1. The molecule has 0 aliphatic rings. The van der Waals surface area contributed by atoms with E-state index in [1.807, 2.05) is 23.0 Å². The molecular formula is C51H58N4OPt. The van der Waals surface area contributed by atoms with Crippen LogP contribution in [0.5, 0.6) is 11.5 Å². The molecule has 0 N–H and O–H groups in total. The number of fused-ring (bicyclic) bond motifs is 3. The van der Waals surface area contributed by atoms with Gasteiger partial charge in [-0.25, -0.2) is 4.98 Å². The Labute approximate surface area is 355 Å². The van der Waals surface area contributed by atoms with Crippen LogP contribution in [0.2, 0.25) is 0 Å². The summed E-state index contributed by atoms with van der Waals surface area (Å²) in [6.07, 6.45) is 1.93. The summed E-state index contributed by atoms with van der Waals surface area (Å²) in [5.74, 6) is 2.09. The van der Waals surface area contributed by atoms with Crippen molar-refractivity contribution in [3.05, 3.63) is 143 Å². The summed E-state index contributed by atoms with van der Waals surface area (Å²) >= 11 is 0. The van der Waals surface area contributed by atoms with Crippen LogP contribution >= 0.6 is 0 Å². The van der Waals surface area contributed by atoms with Gasteiger partial charge >= 0.3 is 21.1 Å². The standard InChI is InChI=1S/C51H58N4O.Pt/c1-47(2,3)34-25-26-52-45(28-34)54-41-24-23-35(51(13,14)33-19-16-15-17-20-33)27-39(41)46-40(48(4,5)6)30-38(31-42(46)54)56-37-22-18-21-36(29-37)55-44(50(10,11)12)32-43(53-55)49(7,8)9;/h15-28,30,32H,1-14H3;/q-2;+2. The monoisotopic (exact) mass is 937 g/mol.